The number of carbonyl (C=O) groups is 1. The SMILES string of the molecule is CC(C)[C@H](NC(=O)c1ccc2c(c1)CCCC2)c1cc(=O)[nH]c(-c2ccccn2)n1. The van der Waals surface area contributed by atoms with Crippen LogP contribution in [0.3, 0.4) is 0 Å². The van der Waals surface area contributed by atoms with Crippen molar-refractivity contribution in [2.45, 2.75) is 45.6 Å². The number of amides is 1. The van der Waals surface area contributed by atoms with Crippen LogP contribution < -0.4 is 10.9 Å². The number of hydrogen-bond acceptors (Lipinski definition) is 4. The van der Waals surface area contributed by atoms with Gasteiger partial charge in [0.05, 0.1) is 11.7 Å². The Morgan fingerprint density at radius 3 is 2.60 bits per heavy atom. The lowest BCUT2D eigenvalue weighted by atomic mass is 9.90. The van der Waals surface area contributed by atoms with E-state index in [0.29, 0.717) is 22.8 Å². The summed E-state index contributed by atoms with van der Waals surface area (Å²) in [6.07, 6.45) is 6.13. The van der Waals surface area contributed by atoms with E-state index in [0.717, 1.165) is 12.8 Å². The fourth-order valence-corrected chi connectivity index (χ4v) is 3.94. The van der Waals surface area contributed by atoms with Gasteiger partial charge < -0.3 is 10.3 Å². The van der Waals surface area contributed by atoms with Gasteiger partial charge in [-0.25, -0.2) is 4.98 Å². The zero-order valence-electron chi connectivity index (χ0n) is 17.3. The van der Waals surface area contributed by atoms with Gasteiger partial charge in [-0.3, -0.25) is 14.6 Å². The number of aromatic nitrogens is 3. The molecule has 0 saturated carbocycles. The van der Waals surface area contributed by atoms with Crippen molar-refractivity contribution in [1.29, 1.82) is 0 Å². The molecule has 2 N–H and O–H groups in total. The highest BCUT2D eigenvalue weighted by Crippen LogP contribution is 2.24. The van der Waals surface area contributed by atoms with E-state index in [4.69, 9.17) is 0 Å². The fourth-order valence-electron chi connectivity index (χ4n) is 3.94. The molecule has 1 atom stereocenters. The number of nitrogens with zero attached hydrogens (tertiary/aromatic N) is 2. The Bertz CT molecular complexity index is 1110. The predicted octanol–water partition coefficient (Wildman–Crippen LogP) is 3.84. The quantitative estimate of drug-likeness (QED) is 0.679. The summed E-state index contributed by atoms with van der Waals surface area (Å²) in [5.41, 5.74) is 4.10. The molecule has 1 aliphatic carbocycles. The van der Waals surface area contributed by atoms with Crippen molar-refractivity contribution >= 4 is 5.91 Å². The molecule has 154 valence electrons. The molecular formula is C24H26N4O2. The predicted molar refractivity (Wildman–Crippen MR) is 116 cm³/mol. The van der Waals surface area contributed by atoms with Gasteiger partial charge >= 0.3 is 0 Å². The number of aryl methyl sites for hydroxylation is 2. The number of aromatic amines is 1. The highest BCUT2D eigenvalue weighted by molar-refractivity contribution is 5.94. The van der Waals surface area contributed by atoms with E-state index in [9.17, 15) is 9.59 Å². The van der Waals surface area contributed by atoms with Crippen LogP contribution in [0.15, 0.2) is 53.5 Å². The van der Waals surface area contributed by atoms with Crippen LogP contribution in [0, 0.1) is 5.92 Å². The average molecular weight is 402 g/mol. The van der Waals surface area contributed by atoms with Gasteiger partial charge in [-0.05, 0) is 67.0 Å². The maximum absolute atomic E-state index is 13.0. The third-order valence-electron chi connectivity index (χ3n) is 5.55. The molecule has 1 aliphatic rings. The van der Waals surface area contributed by atoms with Crippen LogP contribution >= 0.6 is 0 Å². The Balaban J connectivity index is 1.62. The maximum atomic E-state index is 13.0. The second kappa shape index (κ2) is 8.61. The number of H-pyrrole nitrogens is 1. The van der Waals surface area contributed by atoms with Crippen molar-refractivity contribution in [2.24, 2.45) is 5.92 Å². The molecule has 30 heavy (non-hydrogen) atoms. The lowest BCUT2D eigenvalue weighted by molar-refractivity contribution is 0.0924. The van der Waals surface area contributed by atoms with Gasteiger partial charge in [0, 0.05) is 17.8 Å². The molecule has 4 rings (SSSR count). The van der Waals surface area contributed by atoms with E-state index >= 15 is 0 Å². The van der Waals surface area contributed by atoms with Crippen molar-refractivity contribution < 1.29 is 4.79 Å². The Morgan fingerprint density at radius 1 is 1.07 bits per heavy atom. The van der Waals surface area contributed by atoms with Gasteiger partial charge in [0.25, 0.3) is 11.5 Å². The van der Waals surface area contributed by atoms with Gasteiger partial charge in [-0.15, -0.1) is 0 Å². The number of carbonyl (C=O) groups excluding carboxylic acids is 1. The van der Waals surface area contributed by atoms with Gasteiger partial charge in [0.1, 0.15) is 5.69 Å². The smallest absolute Gasteiger partial charge is 0.251 e. The fraction of sp³-hybridized carbons (Fsp3) is 0.333. The molecule has 0 unspecified atom stereocenters. The lowest BCUT2D eigenvalue weighted by Gasteiger charge is -2.23. The van der Waals surface area contributed by atoms with Crippen LogP contribution in [-0.2, 0) is 12.8 Å². The number of nitrogens with one attached hydrogen (secondary N) is 2. The van der Waals surface area contributed by atoms with Gasteiger partial charge in [-0.1, -0.05) is 26.0 Å². The van der Waals surface area contributed by atoms with E-state index in [2.05, 4.69) is 26.3 Å². The molecule has 0 spiro atoms. The molecule has 2 heterocycles. The normalized spacial score (nSPS) is 14.2. The van der Waals surface area contributed by atoms with Crippen LogP contribution in [0.5, 0.6) is 0 Å². The summed E-state index contributed by atoms with van der Waals surface area (Å²) in [5.74, 6) is 0.299. The summed E-state index contributed by atoms with van der Waals surface area (Å²) in [5, 5.41) is 3.09. The Morgan fingerprint density at radius 2 is 1.87 bits per heavy atom. The summed E-state index contributed by atoms with van der Waals surface area (Å²) in [7, 11) is 0. The second-order valence-corrected chi connectivity index (χ2v) is 8.12. The molecule has 3 aromatic rings. The average Bonchev–Trinajstić information content (AvgIpc) is 2.77. The molecule has 1 amide bonds. The van der Waals surface area contributed by atoms with Gasteiger partial charge in [0.2, 0.25) is 0 Å². The largest absolute Gasteiger partial charge is 0.343 e. The first kappa shape index (κ1) is 20.0. The molecule has 0 radical (unpaired) electrons. The van der Waals surface area contributed by atoms with Crippen molar-refractivity contribution in [3.63, 3.8) is 0 Å². The highest BCUT2D eigenvalue weighted by atomic mass is 16.1. The van der Waals surface area contributed by atoms with Crippen LogP contribution in [-0.4, -0.2) is 20.9 Å². The van der Waals surface area contributed by atoms with Crippen LogP contribution in [0.1, 0.15) is 59.9 Å². The van der Waals surface area contributed by atoms with Gasteiger partial charge in [0.15, 0.2) is 5.82 Å². The monoisotopic (exact) mass is 402 g/mol. The first-order valence-electron chi connectivity index (χ1n) is 10.5. The first-order valence-corrected chi connectivity index (χ1v) is 10.5. The molecular weight excluding hydrogens is 376 g/mol. The van der Waals surface area contributed by atoms with Crippen molar-refractivity contribution in [3.8, 4) is 11.5 Å². The summed E-state index contributed by atoms with van der Waals surface area (Å²) < 4.78 is 0. The highest BCUT2D eigenvalue weighted by Gasteiger charge is 2.23. The third kappa shape index (κ3) is 4.32. The molecule has 0 fully saturated rings. The standard InChI is InChI=1S/C24H26N4O2/c1-15(2)22(20-14-21(29)27-23(26-20)19-9-5-6-12-25-19)28-24(30)18-11-10-16-7-3-4-8-17(16)13-18/h5-6,9-15,22H,3-4,7-8H2,1-2H3,(H,28,30)(H,26,27,29)/t22-/m0/s1. The topological polar surface area (TPSA) is 87.7 Å². The van der Waals surface area contributed by atoms with Crippen LogP contribution in [0.25, 0.3) is 11.5 Å². The number of rotatable bonds is 5. The zero-order valence-corrected chi connectivity index (χ0v) is 17.3. The van der Waals surface area contributed by atoms with E-state index in [1.165, 1.54) is 30.0 Å². The number of fused-ring (bicyclic) bond motifs is 1. The minimum atomic E-state index is -0.390. The molecule has 6 heteroatoms. The van der Waals surface area contributed by atoms with E-state index in [1.807, 2.05) is 32.0 Å². The number of pyridine rings is 1. The molecule has 0 bridgehead atoms. The van der Waals surface area contributed by atoms with Crippen molar-refractivity contribution in [1.82, 2.24) is 20.3 Å². The Hall–Kier alpha value is -3.28. The van der Waals surface area contributed by atoms with Crippen molar-refractivity contribution in [3.05, 3.63) is 81.4 Å². The minimum absolute atomic E-state index is 0.0532. The third-order valence-corrected chi connectivity index (χ3v) is 5.55. The summed E-state index contributed by atoms with van der Waals surface area (Å²) >= 11 is 0. The zero-order chi connectivity index (χ0) is 21.1. The minimum Gasteiger partial charge on any atom is -0.343 e. The first-order chi connectivity index (χ1) is 14.5. The number of hydrogen-bond donors (Lipinski definition) is 2. The molecule has 1 aromatic carbocycles. The van der Waals surface area contributed by atoms with Crippen LogP contribution in [0.4, 0.5) is 0 Å². The lowest BCUT2D eigenvalue weighted by Crippen LogP contribution is -2.33. The molecule has 0 aliphatic heterocycles. The summed E-state index contributed by atoms with van der Waals surface area (Å²) in [6, 6.07) is 12.5. The van der Waals surface area contributed by atoms with E-state index < -0.39 is 6.04 Å². The van der Waals surface area contributed by atoms with E-state index in [1.54, 1.807) is 18.3 Å². The van der Waals surface area contributed by atoms with Gasteiger partial charge in [-0.2, -0.15) is 0 Å². The molecule has 2 aromatic heterocycles. The molecule has 6 nitrogen and oxygen atoms in total. The Labute approximate surface area is 175 Å². The molecule has 0 saturated heterocycles. The van der Waals surface area contributed by atoms with Crippen LogP contribution in [0.2, 0.25) is 0 Å². The number of benzene rings is 1. The second-order valence-electron chi connectivity index (χ2n) is 8.12. The summed E-state index contributed by atoms with van der Waals surface area (Å²) in [6.45, 7) is 4.00. The Kier molecular flexibility index (Phi) is 5.74. The summed E-state index contributed by atoms with van der Waals surface area (Å²) in [4.78, 5) is 36.9. The van der Waals surface area contributed by atoms with E-state index in [-0.39, 0.29) is 17.4 Å². The maximum Gasteiger partial charge on any atom is 0.251 e. The van der Waals surface area contributed by atoms with Crippen molar-refractivity contribution in [2.75, 3.05) is 0 Å².